The molecule has 0 aliphatic carbocycles. The van der Waals surface area contributed by atoms with Gasteiger partial charge in [0.1, 0.15) is 5.82 Å². The molecule has 1 heterocycles. The molecule has 1 amide bonds. The van der Waals surface area contributed by atoms with Gasteiger partial charge in [0.2, 0.25) is 10.0 Å². The molecule has 0 atom stereocenters. The van der Waals surface area contributed by atoms with Crippen molar-refractivity contribution in [3.05, 3.63) is 65.5 Å². The van der Waals surface area contributed by atoms with E-state index in [2.05, 4.69) is 5.32 Å². The average molecular weight is 376 g/mol. The van der Waals surface area contributed by atoms with Crippen molar-refractivity contribution in [2.75, 3.05) is 19.6 Å². The van der Waals surface area contributed by atoms with E-state index in [0.29, 0.717) is 37.2 Å². The van der Waals surface area contributed by atoms with Gasteiger partial charge in [-0.05, 0) is 55.2 Å². The number of sulfonamides is 1. The van der Waals surface area contributed by atoms with E-state index in [4.69, 9.17) is 0 Å². The average Bonchev–Trinajstić information content (AvgIpc) is 3.19. The Morgan fingerprint density at radius 3 is 2.35 bits per heavy atom. The van der Waals surface area contributed by atoms with Gasteiger partial charge in [0, 0.05) is 25.2 Å². The van der Waals surface area contributed by atoms with Crippen molar-refractivity contribution in [2.45, 2.75) is 24.2 Å². The maximum Gasteiger partial charge on any atom is 0.251 e. The summed E-state index contributed by atoms with van der Waals surface area (Å²) in [5, 5.41) is 2.72. The Bertz CT molecular complexity index is 876. The standard InChI is InChI=1S/C19H21FN2O3S/c20-18-6-2-1-5-15(18)11-12-21-19(23)16-7-9-17(10-8-16)26(24,25)22-13-3-4-14-22/h1-2,5-10H,3-4,11-14H2,(H,21,23). The SMILES string of the molecule is O=C(NCCc1ccccc1F)c1ccc(S(=O)(=O)N2CCCC2)cc1. The molecule has 0 aromatic heterocycles. The molecule has 1 N–H and O–H groups in total. The van der Waals surface area contributed by atoms with Crippen LogP contribution in [0.3, 0.4) is 0 Å². The molecule has 1 aliphatic heterocycles. The monoisotopic (exact) mass is 376 g/mol. The molecule has 1 aliphatic rings. The molecule has 138 valence electrons. The zero-order valence-corrected chi connectivity index (χ0v) is 15.1. The second-order valence-electron chi connectivity index (χ2n) is 6.23. The fraction of sp³-hybridized carbons (Fsp3) is 0.316. The molecule has 2 aromatic rings. The second kappa shape index (κ2) is 7.97. The smallest absolute Gasteiger partial charge is 0.251 e. The van der Waals surface area contributed by atoms with Crippen LogP contribution in [0.4, 0.5) is 4.39 Å². The Balaban J connectivity index is 1.59. The molecule has 7 heteroatoms. The number of amides is 1. The highest BCUT2D eigenvalue weighted by Gasteiger charge is 2.27. The minimum absolute atomic E-state index is 0.197. The summed E-state index contributed by atoms with van der Waals surface area (Å²) in [5.74, 6) is -0.607. The van der Waals surface area contributed by atoms with Gasteiger partial charge in [-0.1, -0.05) is 18.2 Å². The summed E-state index contributed by atoms with van der Waals surface area (Å²) in [6.07, 6.45) is 2.14. The van der Waals surface area contributed by atoms with Crippen molar-refractivity contribution in [3.63, 3.8) is 0 Å². The molecule has 5 nitrogen and oxygen atoms in total. The molecule has 0 spiro atoms. The molecule has 3 rings (SSSR count). The van der Waals surface area contributed by atoms with E-state index < -0.39 is 10.0 Å². The molecule has 0 unspecified atom stereocenters. The minimum atomic E-state index is -3.48. The van der Waals surface area contributed by atoms with Gasteiger partial charge in [-0.15, -0.1) is 0 Å². The van der Waals surface area contributed by atoms with Gasteiger partial charge >= 0.3 is 0 Å². The highest BCUT2D eigenvalue weighted by Crippen LogP contribution is 2.21. The lowest BCUT2D eigenvalue weighted by molar-refractivity contribution is 0.0954. The fourth-order valence-electron chi connectivity index (χ4n) is 2.97. The lowest BCUT2D eigenvalue weighted by Crippen LogP contribution is -2.28. The van der Waals surface area contributed by atoms with Crippen molar-refractivity contribution < 1.29 is 17.6 Å². The van der Waals surface area contributed by atoms with Crippen molar-refractivity contribution in [1.82, 2.24) is 9.62 Å². The van der Waals surface area contributed by atoms with Crippen molar-refractivity contribution in [1.29, 1.82) is 0 Å². The third kappa shape index (κ3) is 4.11. The van der Waals surface area contributed by atoms with Crippen LogP contribution in [0.1, 0.15) is 28.8 Å². The van der Waals surface area contributed by atoms with Crippen molar-refractivity contribution in [3.8, 4) is 0 Å². The third-order valence-corrected chi connectivity index (χ3v) is 6.37. The Morgan fingerprint density at radius 2 is 1.69 bits per heavy atom. The van der Waals surface area contributed by atoms with E-state index in [0.717, 1.165) is 12.8 Å². The van der Waals surface area contributed by atoms with Gasteiger partial charge in [0.15, 0.2) is 0 Å². The molecule has 2 aromatic carbocycles. The van der Waals surface area contributed by atoms with Crippen LogP contribution in [0, 0.1) is 5.82 Å². The zero-order valence-electron chi connectivity index (χ0n) is 14.3. The normalized spacial score (nSPS) is 15.1. The summed E-state index contributed by atoms with van der Waals surface area (Å²) >= 11 is 0. The molecule has 0 saturated carbocycles. The molecular weight excluding hydrogens is 355 g/mol. The van der Waals surface area contributed by atoms with Crippen LogP contribution in [0.5, 0.6) is 0 Å². The fourth-order valence-corrected chi connectivity index (χ4v) is 4.49. The lowest BCUT2D eigenvalue weighted by atomic mass is 10.1. The largest absolute Gasteiger partial charge is 0.352 e. The summed E-state index contributed by atoms with van der Waals surface area (Å²) in [4.78, 5) is 12.4. The molecule has 26 heavy (non-hydrogen) atoms. The zero-order chi connectivity index (χ0) is 18.6. The molecular formula is C19H21FN2O3S. The number of hydrogen-bond acceptors (Lipinski definition) is 3. The number of carbonyl (C=O) groups is 1. The van der Waals surface area contributed by atoms with Crippen LogP contribution in [0.15, 0.2) is 53.4 Å². The quantitative estimate of drug-likeness (QED) is 0.843. The first-order chi connectivity index (χ1) is 12.5. The van der Waals surface area contributed by atoms with Crippen LogP contribution >= 0.6 is 0 Å². The number of halogens is 1. The first kappa shape index (κ1) is 18.5. The van der Waals surface area contributed by atoms with E-state index in [-0.39, 0.29) is 16.6 Å². The predicted octanol–water partition coefficient (Wildman–Crippen LogP) is 2.58. The summed E-state index contributed by atoms with van der Waals surface area (Å²) < 4.78 is 39.9. The second-order valence-corrected chi connectivity index (χ2v) is 8.17. The van der Waals surface area contributed by atoms with Crippen LogP contribution in [0.25, 0.3) is 0 Å². The van der Waals surface area contributed by atoms with Gasteiger partial charge in [-0.25, -0.2) is 12.8 Å². The van der Waals surface area contributed by atoms with Gasteiger partial charge in [-0.2, -0.15) is 4.31 Å². The summed E-state index contributed by atoms with van der Waals surface area (Å²) in [6, 6.07) is 12.4. The first-order valence-electron chi connectivity index (χ1n) is 8.60. The Hall–Kier alpha value is -2.25. The number of hydrogen-bond donors (Lipinski definition) is 1. The van der Waals surface area contributed by atoms with Crippen molar-refractivity contribution >= 4 is 15.9 Å². The topological polar surface area (TPSA) is 66.5 Å². The number of nitrogens with one attached hydrogen (secondary N) is 1. The van der Waals surface area contributed by atoms with E-state index in [9.17, 15) is 17.6 Å². The molecule has 0 bridgehead atoms. The van der Waals surface area contributed by atoms with Crippen LogP contribution in [-0.4, -0.2) is 38.3 Å². The molecule has 1 saturated heterocycles. The minimum Gasteiger partial charge on any atom is -0.352 e. The van der Waals surface area contributed by atoms with Crippen LogP contribution < -0.4 is 5.32 Å². The highest BCUT2D eigenvalue weighted by molar-refractivity contribution is 7.89. The van der Waals surface area contributed by atoms with Crippen LogP contribution in [0.2, 0.25) is 0 Å². The van der Waals surface area contributed by atoms with Crippen LogP contribution in [-0.2, 0) is 16.4 Å². The van der Waals surface area contributed by atoms with E-state index >= 15 is 0 Å². The molecule has 0 radical (unpaired) electrons. The first-order valence-corrected chi connectivity index (χ1v) is 10.0. The summed E-state index contributed by atoms with van der Waals surface area (Å²) in [6.45, 7) is 1.38. The van der Waals surface area contributed by atoms with E-state index in [1.807, 2.05) is 0 Å². The summed E-state index contributed by atoms with van der Waals surface area (Å²) in [7, 11) is -3.48. The lowest BCUT2D eigenvalue weighted by Gasteiger charge is -2.15. The number of carbonyl (C=O) groups excluding carboxylic acids is 1. The Kier molecular flexibility index (Phi) is 5.68. The Labute approximate surface area is 152 Å². The Morgan fingerprint density at radius 1 is 1.04 bits per heavy atom. The maximum atomic E-state index is 13.5. The van der Waals surface area contributed by atoms with Gasteiger partial charge in [-0.3, -0.25) is 4.79 Å². The summed E-state index contributed by atoms with van der Waals surface area (Å²) in [5.41, 5.74) is 0.916. The van der Waals surface area contributed by atoms with Gasteiger partial charge in [0.25, 0.3) is 5.91 Å². The molecule has 1 fully saturated rings. The number of rotatable bonds is 6. The highest BCUT2D eigenvalue weighted by atomic mass is 32.2. The van der Waals surface area contributed by atoms with E-state index in [1.54, 1.807) is 18.2 Å². The number of nitrogens with zero attached hydrogens (tertiary/aromatic N) is 1. The van der Waals surface area contributed by atoms with Gasteiger partial charge in [0.05, 0.1) is 4.90 Å². The maximum absolute atomic E-state index is 13.5. The van der Waals surface area contributed by atoms with Crippen molar-refractivity contribution in [2.24, 2.45) is 0 Å². The third-order valence-electron chi connectivity index (χ3n) is 4.46. The predicted molar refractivity (Wildman–Crippen MR) is 96.9 cm³/mol. The van der Waals surface area contributed by atoms with Gasteiger partial charge < -0.3 is 5.32 Å². The van der Waals surface area contributed by atoms with E-state index in [1.165, 1.54) is 34.6 Å². The number of benzene rings is 2.